The van der Waals surface area contributed by atoms with E-state index in [0.717, 1.165) is 22.8 Å². The maximum atomic E-state index is 11.4. The highest BCUT2D eigenvalue weighted by molar-refractivity contribution is 6.31. The smallest absolute Gasteiger partial charge is 0.312 e. The van der Waals surface area contributed by atoms with Gasteiger partial charge in [0.05, 0.1) is 5.41 Å². The number of hydrogen-bond donors (Lipinski definition) is 2. The molecule has 2 aromatic carbocycles. The molecule has 0 radical (unpaired) electrons. The normalized spacial score (nSPS) is 17.2. The monoisotopic (exact) mass is 386 g/mol. The fourth-order valence-electron chi connectivity index (χ4n) is 3.72. The van der Waals surface area contributed by atoms with E-state index in [2.05, 4.69) is 41.4 Å². The molecule has 0 aliphatic carbocycles. The zero-order chi connectivity index (χ0) is 19.6. The van der Waals surface area contributed by atoms with Gasteiger partial charge in [0.25, 0.3) is 0 Å². The average molecular weight is 387 g/mol. The Hall–Kier alpha value is -2.04. The second-order valence-corrected chi connectivity index (χ2v) is 8.07. The number of likely N-dealkylation sites (tertiary alicyclic amines) is 1. The molecule has 0 amide bonds. The van der Waals surface area contributed by atoms with Gasteiger partial charge in [-0.15, -0.1) is 0 Å². The fraction of sp³-hybridized carbons (Fsp3) is 0.409. The molecule has 0 saturated carbocycles. The molecule has 1 aliphatic rings. The third-order valence-electron chi connectivity index (χ3n) is 5.58. The first-order valence-corrected chi connectivity index (χ1v) is 9.78. The lowest BCUT2D eigenvalue weighted by Gasteiger charge is -2.47. The number of rotatable bonds is 7. The highest BCUT2D eigenvalue weighted by Gasteiger charge is 2.47. The minimum atomic E-state index is -0.677. The van der Waals surface area contributed by atoms with E-state index in [4.69, 9.17) is 11.6 Å². The summed E-state index contributed by atoms with van der Waals surface area (Å²) in [4.78, 5) is 13.6. The van der Waals surface area contributed by atoms with Crippen LogP contribution < -0.4 is 5.32 Å². The van der Waals surface area contributed by atoms with Crippen LogP contribution >= 0.6 is 11.6 Å². The first-order chi connectivity index (χ1) is 12.8. The van der Waals surface area contributed by atoms with Gasteiger partial charge in [-0.3, -0.25) is 9.69 Å². The van der Waals surface area contributed by atoms with Crippen molar-refractivity contribution in [1.82, 2.24) is 4.90 Å². The maximum absolute atomic E-state index is 11.4. The van der Waals surface area contributed by atoms with Crippen molar-refractivity contribution in [1.29, 1.82) is 0 Å². The van der Waals surface area contributed by atoms with Gasteiger partial charge >= 0.3 is 5.97 Å². The summed E-state index contributed by atoms with van der Waals surface area (Å²) < 4.78 is 0. The Morgan fingerprint density at radius 3 is 2.67 bits per heavy atom. The highest BCUT2D eigenvalue weighted by atomic mass is 35.5. The minimum Gasteiger partial charge on any atom is -0.481 e. The standard InChI is InChI=1S/C22H27ClN2O2/c1-4-22(21(26)27)13-25(14-22)12-17-6-5-7-19(11-17)24-16(3)18-8-9-20(23)15(2)10-18/h5-11,16,24H,4,12-14H2,1-3H3,(H,26,27). The van der Waals surface area contributed by atoms with Crippen molar-refractivity contribution in [2.75, 3.05) is 18.4 Å². The van der Waals surface area contributed by atoms with Gasteiger partial charge in [0.15, 0.2) is 0 Å². The second-order valence-electron chi connectivity index (χ2n) is 7.66. The van der Waals surface area contributed by atoms with Gasteiger partial charge in [0.2, 0.25) is 0 Å². The molecular weight excluding hydrogens is 360 g/mol. The number of hydrogen-bond acceptors (Lipinski definition) is 3. The molecular formula is C22H27ClN2O2. The molecule has 144 valence electrons. The van der Waals surface area contributed by atoms with Crippen LogP contribution in [0, 0.1) is 12.3 Å². The molecule has 0 bridgehead atoms. The van der Waals surface area contributed by atoms with E-state index in [9.17, 15) is 9.90 Å². The summed E-state index contributed by atoms with van der Waals surface area (Å²) in [6, 6.07) is 14.6. The third-order valence-corrected chi connectivity index (χ3v) is 6.01. The Morgan fingerprint density at radius 1 is 1.30 bits per heavy atom. The summed E-state index contributed by atoms with van der Waals surface area (Å²) in [7, 11) is 0. The van der Waals surface area contributed by atoms with E-state index in [-0.39, 0.29) is 6.04 Å². The first kappa shape index (κ1) is 19.7. The molecule has 0 aromatic heterocycles. The van der Waals surface area contributed by atoms with Crippen molar-refractivity contribution in [3.8, 4) is 0 Å². The molecule has 1 aliphatic heterocycles. The van der Waals surface area contributed by atoms with Crippen LogP contribution in [0.25, 0.3) is 0 Å². The number of carbonyl (C=O) groups is 1. The van der Waals surface area contributed by atoms with Crippen molar-refractivity contribution in [2.45, 2.75) is 39.8 Å². The summed E-state index contributed by atoms with van der Waals surface area (Å²) in [6.45, 7) is 8.12. The van der Waals surface area contributed by atoms with Gasteiger partial charge in [-0.2, -0.15) is 0 Å². The van der Waals surface area contributed by atoms with E-state index in [1.807, 2.05) is 32.0 Å². The van der Waals surface area contributed by atoms with E-state index >= 15 is 0 Å². The lowest BCUT2D eigenvalue weighted by molar-refractivity contribution is -0.161. The Balaban J connectivity index is 1.62. The van der Waals surface area contributed by atoms with Crippen LogP contribution in [0.15, 0.2) is 42.5 Å². The molecule has 2 aromatic rings. The molecule has 4 nitrogen and oxygen atoms in total. The predicted molar refractivity (Wildman–Crippen MR) is 110 cm³/mol. The molecule has 5 heteroatoms. The zero-order valence-corrected chi connectivity index (χ0v) is 16.9. The number of anilines is 1. The third kappa shape index (κ3) is 4.28. The lowest BCUT2D eigenvalue weighted by Crippen LogP contribution is -2.59. The Bertz CT molecular complexity index is 831. The number of carboxylic acid groups (broad SMARTS) is 1. The fourth-order valence-corrected chi connectivity index (χ4v) is 3.84. The van der Waals surface area contributed by atoms with Crippen LogP contribution in [0.5, 0.6) is 0 Å². The molecule has 1 fully saturated rings. The Kier molecular flexibility index (Phi) is 5.78. The predicted octanol–water partition coefficient (Wildman–Crippen LogP) is 5.12. The van der Waals surface area contributed by atoms with Crippen molar-refractivity contribution in [2.24, 2.45) is 5.41 Å². The molecule has 1 unspecified atom stereocenters. The number of aliphatic carboxylic acids is 1. The van der Waals surface area contributed by atoms with Gasteiger partial charge < -0.3 is 10.4 Å². The number of benzene rings is 2. The maximum Gasteiger partial charge on any atom is 0.312 e. The number of aryl methyl sites for hydroxylation is 1. The van der Waals surface area contributed by atoms with Crippen LogP contribution in [0.1, 0.15) is 43.0 Å². The second kappa shape index (κ2) is 7.91. The quantitative estimate of drug-likeness (QED) is 0.693. The number of carboxylic acids is 1. The average Bonchev–Trinajstić information content (AvgIpc) is 2.60. The number of nitrogens with one attached hydrogen (secondary N) is 1. The van der Waals surface area contributed by atoms with Crippen molar-refractivity contribution < 1.29 is 9.90 Å². The van der Waals surface area contributed by atoms with E-state index < -0.39 is 11.4 Å². The Morgan fingerprint density at radius 2 is 2.04 bits per heavy atom. The topological polar surface area (TPSA) is 52.6 Å². The van der Waals surface area contributed by atoms with Gasteiger partial charge in [-0.1, -0.05) is 42.8 Å². The van der Waals surface area contributed by atoms with Crippen molar-refractivity contribution >= 4 is 23.3 Å². The zero-order valence-electron chi connectivity index (χ0n) is 16.1. The van der Waals surface area contributed by atoms with E-state index in [0.29, 0.717) is 19.5 Å². The molecule has 3 rings (SSSR count). The summed E-state index contributed by atoms with van der Waals surface area (Å²) in [5, 5.41) is 13.7. The van der Waals surface area contributed by atoms with Crippen molar-refractivity contribution in [3.05, 3.63) is 64.2 Å². The van der Waals surface area contributed by atoms with Crippen LogP contribution in [0.3, 0.4) is 0 Å². The first-order valence-electron chi connectivity index (χ1n) is 9.40. The molecule has 1 heterocycles. The minimum absolute atomic E-state index is 0.167. The highest BCUT2D eigenvalue weighted by Crippen LogP contribution is 2.35. The number of nitrogens with zero attached hydrogens (tertiary/aromatic N) is 1. The van der Waals surface area contributed by atoms with Gasteiger partial charge in [0.1, 0.15) is 0 Å². The summed E-state index contributed by atoms with van der Waals surface area (Å²) in [5.74, 6) is -0.677. The molecule has 2 N–H and O–H groups in total. The summed E-state index contributed by atoms with van der Waals surface area (Å²) in [6.07, 6.45) is 0.679. The van der Waals surface area contributed by atoms with Gasteiger partial charge in [0, 0.05) is 36.4 Å². The van der Waals surface area contributed by atoms with Crippen LogP contribution in [0.2, 0.25) is 5.02 Å². The largest absolute Gasteiger partial charge is 0.481 e. The lowest BCUT2D eigenvalue weighted by atomic mass is 9.77. The van der Waals surface area contributed by atoms with E-state index in [1.165, 1.54) is 11.1 Å². The van der Waals surface area contributed by atoms with Crippen LogP contribution in [0.4, 0.5) is 5.69 Å². The van der Waals surface area contributed by atoms with Crippen molar-refractivity contribution in [3.63, 3.8) is 0 Å². The van der Waals surface area contributed by atoms with Crippen LogP contribution in [-0.4, -0.2) is 29.1 Å². The van der Waals surface area contributed by atoms with E-state index in [1.54, 1.807) is 0 Å². The molecule has 0 spiro atoms. The summed E-state index contributed by atoms with van der Waals surface area (Å²) in [5.41, 5.74) is 3.96. The SMILES string of the molecule is CCC1(C(=O)O)CN(Cc2cccc(NC(C)c3ccc(Cl)c(C)c3)c2)C1. The molecule has 27 heavy (non-hydrogen) atoms. The van der Waals surface area contributed by atoms with Gasteiger partial charge in [-0.05, 0) is 55.2 Å². The van der Waals surface area contributed by atoms with Crippen LogP contribution in [-0.2, 0) is 11.3 Å². The van der Waals surface area contributed by atoms with Gasteiger partial charge in [-0.25, -0.2) is 0 Å². The Labute approximate surface area is 166 Å². The number of halogens is 1. The summed E-state index contributed by atoms with van der Waals surface area (Å²) >= 11 is 6.12. The molecule has 1 saturated heterocycles. The molecule has 1 atom stereocenters.